The topological polar surface area (TPSA) is 136 Å². The van der Waals surface area contributed by atoms with Gasteiger partial charge in [-0.3, -0.25) is 4.79 Å². The van der Waals surface area contributed by atoms with Crippen LogP contribution in [0.4, 0.5) is 0 Å². The number of sulfonamides is 1. The second-order valence-electron chi connectivity index (χ2n) is 3.37. The Kier molecular flexibility index (Phi) is 11.9. The maximum atomic E-state index is 10.6. The summed E-state index contributed by atoms with van der Waals surface area (Å²) in [6.45, 7) is 4.31. The molecule has 9 heteroatoms. The van der Waals surface area contributed by atoms with Crippen molar-refractivity contribution >= 4 is 33.6 Å². The number of carboxylic acids is 1. The first-order chi connectivity index (χ1) is 9.60. The van der Waals surface area contributed by atoms with Gasteiger partial charge >= 0.3 is 0 Å². The van der Waals surface area contributed by atoms with Gasteiger partial charge in [0.15, 0.2) is 0 Å². The van der Waals surface area contributed by atoms with Crippen molar-refractivity contribution in [2.75, 3.05) is 5.75 Å². The van der Waals surface area contributed by atoms with E-state index in [2.05, 4.69) is 11.0 Å². The molecule has 0 heterocycles. The van der Waals surface area contributed by atoms with E-state index in [-0.39, 0.29) is 5.75 Å². The fourth-order valence-corrected chi connectivity index (χ4v) is 1.60. The van der Waals surface area contributed by atoms with Crippen molar-refractivity contribution in [1.29, 1.82) is 0 Å². The summed E-state index contributed by atoms with van der Waals surface area (Å²) in [6.07, 6.45) is 1.21. The van der Waals surface area contributed by atoms with E-state index in [0.29, 0.717) is 0 Å². The third-order valence-electron chi connectivity index (χ3n) is 1.31. The molecule has 0 unspecified atom stereocenters. The van der Waals surface area contributed by atoms with Gasteiger partial charge in [0.1, 0.15) is 0 Å². The summed E-state index contributed by atoms with van der Waals surface area (Å²) >= 11 is 5.54. The smallest absolute Gasteiger partial charge is 0.300 e. The summed E-state index contributed by atoms with van der Waals surface area (Å²) in [7, 11) is -3.51. The average molecular weight is 336 g/mol. The second-order valence-corrected chi connectivity index (χ2v) is 5.48. The summed E-state index contributed by atoms with van der Waals surface area (Å²) in [6, 6.07) is 9.44. The minimum absolute atomic E-state index is 0.245. The highest BCUT2D eigenvalue weighted by atomic mass is 35.5. The Morgan fingerprint density at radius 2 is 1.81 bits per heavy atom. The first kappa shape index (κ1) is 21.2. The molecule has 0 aliphatic carbocycles. The third-order valence-corrected chi connectivity index (χ3v) is 2.70. The molecule has 0 amide bonds. The van der Waals surface area contributed by atoms with Crippen LogP contribution in [0.25, 0.3) is 0 Å². The van der Waals surface area contributed by atoms with E-state index >= 15 is 0 Å². The van der Waals surface area contributed by atoms with Gasteiger partial charge in [-0.2, -0.15) is 0 Å². The fraction of sp³-hybridized carbons (Fsp3) is 0.167. The lowest BCUT2D eigenvalue weighted by Gasteiger charge is -1.91. The van der Waals surface area contributed by atoms with Crippen LogP contribution in [0.3, 0.4) is 0 Å². The van der Waals surface area contributed by atoms with E-state index in [1.807, 2.05) is 30.3 Å². The fourth-order valence-electron chi connectivity index (χ4n) is 0.761. The summed E-state index contributed by atoms with van der Waals surface area (Å²) in [5.41, 5.74) is 9.65. The number of nitrogens with zero attached hydrogens (tertiary/aromatic N) is 1. The van der Waals surface area contributed by atoms with Crippen LogP contribution in [0.5, 0.6) is 0 Å². The zero-order chi connectivity index (χ0) is 16.9. The number of carbonyl (C=O) groups is 1. The number of halogens is 1. The Balaban J connectivity index is 0. The molecule has 0 spiro atoms. The van der Waals surface area contributed by atoms with Crippen molar-refractivity contribution in [2.24, 2.45) is 15.9 Å². The summed E-state index contributed by atoms with van der Waals surface area (Å²) in [4.78, 5) is 9.00. The number of nitrogens with two attached hydrogens (primary N) is 2. The molecular formula is C12H18ClN3O4S. The highest BCUT2D eigenvalue weighted by molar-refractivity contribution is 7.90. The van der Waals surface area contributed by atoms with E-state index in [4.69, 9.17) is 33.0 Å². The van der Waals surface area contributed by atoms with Gasteiger partial charge in [0.05, 0.1) is 5.75 Å². The molecule has 118 valence electrons. The highest BCUT2D eigenvalue weighted by Crippen LogP contribution is 2.03. The third kappa shape index (κ3) is 20.4. The van der Waals surface area contributed by atoms with Gasteiger partial charge in [0, 0.05) is 11.9 Å². The SMILES string of the molecule is C=CCS(=O)(=O)N=C(N)N.CC(=O)O.Clc1ccccc1. The lowest BCUT2D eigenvalue weighted by molar-refractivity contribution is -0.134. The molecule has 0 fully saturated rings. The molecule has 0 aliphatic rings. The molecule has 0 saturated heterocycles. The monoisotopic (exact) mass is 335 g/mol. The van der Waals surface area contributed by atoms with Gasteiger partial charge in [-0.15, -0.1) is 11.0 Å². The molecule has 1 rings (SSSR count). The van der Waals surface area contributed by atoms with E-state index in [1.54, 1.807) is 0 Å². The summed E-state index contributed by atoms with van der Waals surface area (Å²) in [5.74, 6) is -1.54. The van der Waals surface area contributed by atoms with Crippen LogP contribution >= 0.6 is 11.6 Å². The molecular weight excluding hydrogens is 318 g/mol. The van der Waals surface area contributed by atoms with Crippen LogP contribution in [0.15, 0.2) is 47.4 Å². The zero-order valence-electron chi connectivity index (χ0n) is 11.4. The molecule has 0 aromatic heterocycles. The molecule has 5 N–H and O–H groups in total. The van der Waals surface area contributed by atoms with E-state index < -0.39 is 22.0 Å². The van der Waals surface area contributed by atoms with Crippen molar-refractivity contribution in [3.63, 3.8) is 0 Å². The van der Waals surface area contributed by atoms with E-state index in [0.717, 1.165) is 11.9 Å². The Morgan fingerprint density at radius 1 is 1.38 bits per heavy atom. The van der Waals surface area contributed by atoms with Crippen molar-refractivity contribution in [1.82, 2.24) is 0 Å². The molecule has 0 bridgehead atoms. The van der Waals surface area contributed by atoms with Crippen LogP contribution < -0.4 is 11.5 Å². The van der Waals surface area contributed by atoms with Crippen LogP contribution in [0.2, 0.25) is 5.02 Å². The number of carboxylic acid groups (broad SMARTS) is 1. The second kappa shape index (κ2) is 11.7. The molecule has 0 saturated carbocycles. The normalized spacial score (nSPS) is 9.05. The molecule has 1 aromatic carbocycles. The van der Waals surface area contributed by atoms with Crippen LogP contribution in [0.1, 0.15) is 6.92 Å². The predicted octanol–water partition coefficient (Wildman–Crippen LogP) is 1.21. The molecule has 21 heavy (non-hydrogen) atoms. The van der Waals surface area contributed by atoms with Gasteiger partial charge in [-0.1, -0.05) is 35.9 Å². The van der Waals surface area contributed by atoms with E-state index in [1.165, 1.54) is 6.08 Å². The minimum atomic E-state index is -3.51. The van der Waals surface area contributed by atoms with Gasteiger partial charge in [0.2, 0.25) is 5.96 Å². The summed E-state index contributed by atoms with van der Waals surface area (Å²) < 4.78 is 24.2. The number of rotatable bonds is 3. The van der Waals surface area contributed by atoms with Crippen molar-refractivity contribution in [3.05, 3.63) is 48.0 Å². The summed E-state index contributed by atoms with van der Waals surface area (Å²) in [5, 5.41) is 8.21. The van der Waals surface area contributed by atoms with Crippen LogP contribution in [-0.4, -0.2) is 31.2 Å². The maximum absolute atomic E-state index is 10.6. The van der Waals surface area contributed by atoms with Gasteiger partial charge in [-0.05, 0) is 12.1 Å². The number of aliphatic carboxylic acids is 1. The Morgan fingerprint density at radius 3 is 2.05 bits per heavy atom. The highest BCUT2D eigenvalue weighted by Gasteiger charge is 2.03. The first-order valence-corrected chi connectivity index (χ1v) is 7.44. The predicted molar refractivity (Wildman–Crippen MR) is 84.6 cm³/mol. The molecule has 0 radical (unpaired) electrons. The van der Waals surface area contributed by atoms with Gasteiger partial charge < -0.3 is 16.6 Å². The number of benzene rings is 1. The largest absolute Gasteiger partial charge is 0.481 e. The van der Waals surface area contributed by atoms with Crippen LogP contribution in [-0.2, 0) is 14.8 Å². The average Bonchev–Trinajstić information content (AvgIpc) is 2.27. The maximum Gasteiger partial charge on any atom is 0.300 e. The quantitative estimate of drug-likeness (QED) is 0.431. The minimum Gasteiger partial charge on any atom is -0.481 e. The molecule has 0 atom stereocenters. The Hall–Kier alpha value is -2.06. The Labute approximate surface area is 129 Å². The van der Waals surface area contributed by atoms with Gasteiger partial charge in [-0.25, -0.2) is 8.42 Å². The zero-order valence-corrected chi connectivity index (χ0v) is 13.0. The van der Waals surface area contributed by atoms with Crippen molar-refractivity contribution in [2.45, 2.75) is 6.92 Å². The number of guanidine groups is 1. The van der Waals surface area contributed by atoms with E-state index in [9.17, 15) is 8.42 Å². The molecule has 7 nitrogen and oxygen atoms in total. The molecule has 1 aromatic rings. The standard InChI is InChI=1S/C6H5Cl.C4H9N3O2S.C2H4O2/c7-6-4-2-1-3-5-6;1-2-3-10(8,9)7-4(5)6;1-2(3)4/h1-5H;2H,1,3H2,(H4,5,6,7);1H3,(H,3,4). The first-order valence-electron chi connectivity index (χ1n) is 5.45. The van der Waals surface area contributed by atoms with Crippen molar-refractivity contribution in [3.8, 4) is 0 Å². The lowest BCUT2D eigenvalue weighted by Crippen LogP contribution is -2.24. The number of hydrogen-bond acceptors (Lipinski definition) is 3. The van der Waals surface area contributed by atoms with Gasteiger partial charge in [0.25, 0.3) is 16.0 Å². The Bertz CT molecular complexity index is 551. The van der Waals surface area contributed by atoms with Crippen LogP contribution in [0, 0.1) is 0 Å². The van der Waals surface area contributed by atoms with Crippen molar-refractivity contribution < 1.29 is 18.3 Å². The molecule has 0 aliphatic heterocycles. The number of hydrogen-bond donors (Lipinski definition) is 3. The lowest BCUT2D eigenvalue weighted by atomic mass is 10.4.